The van der Waals surface area contributed by atoms with Crippen molar-refractivity contribution in [2.45, 2.75) is 44.9 Å². The molecule has 0 saturated carbocycles. The van der Waals surface area contributed by atoms with Crippen molar-refractivity contribution in [3.63, 3.8) is 0 Å². The summed E-state index contributed by atoms with van der Waals surface area (Å²) >= 11 is 0. The van der Waals surface area contributed by atoms with Gasteiger partial charge in [0.15, 0.2) is 5.65 Å². The van der Waals surface area contributed by atoms with Crippen molar-refractivity contribution in [1.29, 1.82) is 0 Å². The molecule has 164 valence electrons. The maximum Gasteiger partial charge on any atom is 0.387 e. The van der Waals surface area contributed by atoms with E-state index in [1.807, 2.05) is 53.1 Å². The zero-order valence-electron chi connectivity index (χ0n) is 17.8. The molecule has 1 aliphatic heterocycles. The number of halogens is 2. The van der Waals surface area contributed by atoms with Crippen LogP contribution in [0.2, 0.25) is 0 Å². The molecule has 0 spiro atoms. The van der Waals surface area contributed by atoms with Crippen molar-refractivity contribution < 1.29 is 18.6 Å². The molecule has 1 unspecified atom stereocenters. The number of pyridine rings is 1. The smallest absolute Gasteiger partial charge is 0.387 e. The Kier molecular flexibility index (Phi) is 4.93. The Labute approximate surface area is 184 Å². The van der Waals surface area contributed by atoms with E-state index >= 15 is 0 Å². The molecule has 4 aromatic rings. The summed E-state index contributed by atoms with van der Waals surface area (Å²) in [4.78, 5) is 9.60. The van der Waals surface area contributed by atoms with Gasteiger partial charge in [-0.15, -0.1) is 0 Å². The van der Waals surface area contributed by atoms with Crippen LogP contribution in [0.3, 0.4) is 0 Å². The Morgan fingerprint density at radius 1 is 1.03 bits per heavy atom. The van der Waals surface area contributed by atoms with E-state index in [9.17, 15) is 13.9 Å². The Balaban J connectivity index is 1.57. The highest BCUT2D eigenvalue weighted by Crippen LogP contribution is 2.39. The van der Waals surface area contributed by atoms with Crippen LogP contribution in [-0.2, 0) is 12.0 Å². The van der Waals surface area contributed by atoms with E-state index in [-0.39, 0.29) is 11.8 Å². The lowest BCUT2D eigenvalue weighted by Gasteiger charge is -2.19. The molecule has 5 rings (SSSR count). The van der Waals surface area contributed by atoms with Gasteiger partial charge in [0.2, 0.25) is 0 Å². The molecular formula is C25H23F2N3O2. The third-order valence-corrected chi connectivity index (χ3v) is 5.94. The van der Waals surface area contributed by atoms with Crippen LogP contribution < -0.4 is 4.74 Å². The molecule has 2 aromatic carbocycles. The first-order chi connectivity index (χ1) is 15.3. The molecule has 1 N–H and O–H groups in total. The first-order valence-corrected chi connectivity index (χ1v) is 10.6. The van der Waals surface area contributed by atoms with Crippen molar-refractivity contribution in [2.24, 2.45) is 0 Å². The van der Waals surface area contributed by atoms with Gasteiger partial charge >= 0.3 is 6.61 Å². The minimum atomic E-state index is -2.88. The highest BCUT2D eigenvalue weighted by atomic mass is 19.3. The van der Waals surface area contributed by atoms with Crippen molar-refractivity contribution in [3.8, 4) is 17.0 Å². The fourth-order valence-electron chi connectivity index (χ4n) is 4.38. The van der Waals surface area contributed by atoms with Gasteiger partial charge < -0.3 is 14.4 Å². The number of hydrogen-bond donors (Lipinski definition) is 1. The number of ether oxygens (including phenoxy) is 1. The normalized spacial score (nSPS) is 16.0. The summed E-state index contributed by atoms with van der Waals surface area (Å²) in [6.45, 7) is 0.614. The lowest BCUT2D eigenvalue weighted by Crippen LogP contribution is -2.14. The number of aromatic nitrogens is 3. The van der Waals surface area contributed by atoms with Crippen molar-refractivity contribution in [1.82, 2.24) is 14.5 Å². The summed E-state index contributed by atoms with van der Waals surface area (Å²) in [6.07, 6.45) is 1.48. The Morgan fingerprint density at radius 2 is 1.78 bits per heavy atom. The van der Waals surface area contributed by atoms with Crippen LogP contribution >= 0.6 is 0 Å². The maximum atomic E-state index is 12.9. The van der Waals surface area contributed by atoms with E-state index in [2.05, 4.69) is 0 Å². The predicted octanol–water partition coefficient (Wildman–Crippen LogP) is 5.46. The van der Waals surface area contributed by atoms with Crippen LogP contribution in [0, 0.1) is 0 Å². The quantitative estimate of drug-likeness (QED) is 0.452. The largest absolute Gasteiger partial charge is 0.434 e. The lowest BCUT2D eigenvalue weighted by atomic mass is 9.97. The summed E-state index contributed by atoms with van der Waals surface area (Å²) < 4.78 is 32.7. The third-order valence-electron chi connectivity index (χ3n) is 5.94. The number of fused-ring (bicyclic) bond motifs is 3. The average Bonchev–Trinajstić information content (AvgIpc) is 3.32. The number of aryl methyl sites for hydroxylation is 1. The Hall–Kier alpha value is -3.32. The summed E-state index contributed by atoms with van der Waals surface area (Å²) in [6, 6.07) is 18.3. The maximum absolute atomic E-state index is 12.9. The van der Waals surface area contributed by atoms with Crippen LogP contribution in [0.1, 0.15) is 43.3 Å². The summed E-state index contributed by atoms with van der Waals surface area (Å²) in [5, 5.41) is 10.2. The zero-order chi connectivity index (χ0) is 22.5. The topological polar surface area (TPSA) is 60.2 Å². The molecule has 0 bridgehead atoms. The fraction of sp³-hybridized carbons (Fsp3) is 0.280. The molecule has 0 fully saturated rings. The van der Waals surface area contributed by atoms with Gasteiger partial charge in [-0.3, -0.25) is 0 Å². The molecule has 0 aliphatic carbocycles. The first-order valence-electron chi connectivity index (χ1n) is 10.6. The summed E-state index contributed by atoms with van der Waals surface area (Å²) in [5.74, 6) is 1.07. The SMILES string of the molecule is CC(C)(O)c1ccc(-c2ccc3nc4n(c3n2)C(c2ccccc2OC(F)F)CC4)cc1. The van der Waals surface area contributed by atoms with Crippen molar-refractivity contribution in [3.05, 3.63) is 77.6 Å². The van der Waals surface area contributed by atoms with Crippen LogP contribution in [0.4, 0.5) is 8.78 Å². The third kappa shape index (κ3) is 3.62. The molecule has 5 nitrogen and oxygen atoms in total. The summed E-state index contributed by atoms with van der Waals surface area (Å²) in [5.41, 5.74) is 3.81. The van der Waals surface area contributed by atoms with Gasteiger partial charge in [0, 0.05) is 17.5 Å². The Morgan fingerprint density at radius 3 is 2.50 bits per heavy atom. The van der Waals surface area contributed by atoms with Gasteiger partial charge in [-0.25, -0.2) is 9.97 Å². The van der Waals surface area contributed by atoms with E-state index in [1.165, 1.54) is 0 Å². The van der Waals surface area contributed by atoms with E-state index in [0.717, 1.165) is 46.7 Å². The number of aliphatic hydroxyl groups is 1. The number of imidazole rings is 1. The fourth-order valence-corrected chi connectivity index (χ4v) is 4.38. The molecule has 3 heterocycles. The molecular weight excluding hydrogens is 412 g/mol. The predicted molar refractivity (Wildman–Crippen MR) is 118 cm³/mol. The number of benzene rings is 2. The van der Waals surface area contributed by atoms with Gasteiger partial charge in [-0.05, 0) is 44.0 Å². The first kappa shape index (κ1) is 20.6. The molecule has 2 aromatic heterocycles. The second-order valence-corrected chi connectivity index (χ2v) is 8.54. The van der Waals surface area contributed by atoms with Gasteiger partial charge in [0.1, 0.15) is 17.1 Å². The molecule has 0 amide bonds. The second-order valence-electron chi connectivity index (χ2n) is 8.54. The number of hydrogen-bond acceptors (Lipinski definition) is 4. The van der Waals surface area contributed by atoms with Crippen LogP contribution in [0.15, 0.2) is 60.7 Å². The average molecular weight is 435 g/mol. The highest BCUT2D eigenvalue weighted by molar-refractivity contribution is 5.77. The number of nitrogens with zero attached hydrogens (tertiary/aromatic N) is 3. The van der Waals surface area contributed by atoms with Crippen molar-refractivity contribution >= 4 is 11.2 Å². The Bertz CT molecular complexity index is 1280. The monoisotopic (exact) mass is 435 g/mol. The summed E-state index contributed by atoms with van der Waals surface area (Å²) in [7, 11) is 0. The number of alkyl halides is 2. The minimum absolute atomic E-state index is 0.176. The molecule has 7 heteroatoms. The molecule has 0 radical (unpaired) electrons. The second kappa shape index (κ2) is 7.67. The van der Waals surface area contributed by atoms with Gasteiger partial charge in [0.25, 0.3) is 0 Å². The zero-order valence-corrected chi connectivity index (χ0v) is 17.8. The van der Waals surface area contributed by atoms with E-state index in [0.29, 0.717) is 5.56 Å². The number of rotatable bonds is 5. The van der Waals surface area contributed by atoms with Gasteiger partial charge in [-0.2, -0.15) is 8.78 Å². The van der Waals surface area contributed by atoms with Crippen LogP contribution in [-0.4, -0.2) is 26.3 Å². The van der Waals surface area contributed by atoms with E-state index in [4.69, 9.17) is 14.7 Å². The van der Waals surface area contributed by atoms with Crippen molar-refractivity contribution in [2.75, 3.05) is 0 Å². The van der Waals surface area contributed by atoms with E-state index in [1.54, 1.807) is 26.0 Å². The molecule has 0 saturated heterocycles. The minimum Gasteiger partial charge on any atom is -0.434 e. The van der Waals surface area contributed by atoms with E-state index < -0.39 is 12.2 Å². The lowest BCUT2D eigenvalue weighted by molar-refractivity contribution is -0.0506. The molecule has 1 atom stereocenters. The van der Waals surface area contributed by atoms with Gasteiger partial charge in [-0.1, -0.05) is 42.5 Å². The highest BCUT2D eigenvalue weighted by Gasteiger charge is 2.30. The molecule has 32 heavy (non-hydrogen) atoms. The number of para-hydroxylation sites is 1. The van der Waals surface area contributed by atoms with Gasteiger partial charge in [0.05, 0.1) is 17.3 Å². The van der Waals surface area contributed by atoms with Crippen LogP contribution in [0.5, 0.6) is 5.75 Å². The molecule has 1 aliphatic rings. The van der Waals surface area contributed by atoms with Crippen LogP contribution in [0.25, 0.3) is 22.4 Å². The standard InChI is InChI=1S/C25H23F2N3O2/c1-25(2,31)16-9-7-15(8-10-16)18-11-12-19-23(29-18)30-20(13-14-22(30)28-19)17-5-3-4-6-21(17)32-24(26)27/h3-12,20,24,31H,13-14H2,1-2H3.